The lowest BCUT2D eigenvalue weighted by Gasteiger charge is -2.37. The van der Waals surface area contributed by atoms with E-state index in [1.807, 2.05) is 0 Å². The zero-order chi connectivity index (χ0) is 15.1. The number of aliphatic hydroxyl groups excluding tert-OH is 2. The summed E-state index contributed by atoms with van der Waals surface area (Å²) in [6.07, 6.45) is 4.48. The van der Waals surface area contributed by atoms with Crippen LogP contribution in [0.2, 0.25) is 0 Å². The predicted octanol–water partition coefficient (Wildman–Crippen LogP) is 1.85. The molecule has 0 radical (unpaired) electrons. The normalized spacial score (nSPS) is 19.2. The number of halogens is 1. The lowest BCUT2D eigenvalue weighted by atomic mass is 9.82. The number of rotatable bonds is 7. The fourth-order valence-electron chi connectivity index (χ4n) is 2.76. The first kappa shape index (κ1) is 16.2. The molecule has 5 heteroatoms. The van der Waals surface area contributed by atoms with Gasteiger partial charge in [0, 0.05) is 12.1 Å². The summed E-state index contributed by atoms with van der Waals surface area (Å²) in [7, 11) is 0. The van der Waals surface area contributed by atoms with Crippen LogP contribution in [0.25, 0.3) is 0 Å². The molecule has 0 spiro atoms. The number of β-amino-alcohol motifs (C(OH)–C–C–N with tert-alkyl or cyclic N) is 1. The fourth-order valence-corrected chi connectivity index (χ4v) is 2.76. The van der Waals surface area contributed by atoms with Gasteiger partial charge in [-0.2, -0.15) is 0 Å². The van der Waals surface area contributed by atoms with E-state index >= 15 is 0 Å². The van der Waals surface area contributed by atoms with Gasteiger partial charge in [0.15, 0.2) is 11.6 Å². The number of nitrogens with one attached hydrogen (secondary N) is 1. The topological polar surface area (TPSA) is 61.7 Å². The van der Waals surface area contributed by atoms with Crippen molar-refractivity contribution in [3.63, 3.8) is 0 Å². The second-order valence-electron chi connectivity index (χ2n) is 5.78. The molecule has 0 aliphatic heterocycles. The summed E-state index contributed by atoms with van der Waals surface area (Å²) >= 11 is 0. The number of ether oxygens (including phenoxy) is 1. The van der Waals surface area contributed by atoms with Crippen LogP contribution in [0.15, 0.2) is 24.3 Å². The molecule has 118 valence electrons. The first-order valence-corrected chi connectivity index (χ1v) is 7.56. The summed E-state index contributed by atoms with van der Waals surface area (Å²) in [5.41, 5.74) is -0.281. The van der Waals surface area contributed by atoms with E-state index in [4.69, 9.17) is 4.74 Å². The maximum absolute atomic E-state index is 13.4. The van der Waals surface area contributed by atoms with Gasteiger partial charge in [-0.05, 0) is 25.0 Å². The molecular weight excluding hydrogens is 273 g/mol. The number of aliphatic hydroxyl groups is 2. The highest BCUT2D eigenvalue weighted by Crippen LogP contribution is 2.27. The van der Waals surface area contributed by atoms with Gasteiger partial charge < -0.3 is 20.3 Å². The van der Waals surface area contributed by atoms with Crippen molar-refractivity contribution in [3.8, 4) is 5.75 Å². The maximum Gasteiger partial charge on any atom is 0.165 e. The molecule has 0 saturated heterocycles. The fraction of sp³-hybridized carbons (Fsp3) is 0.625. The molecule has 1 saturated carbocycles. The molecule has 1 aliphatic rings. The number of hydrogen-bond donors (Lipinski definition) is 3. The van der Waals surface area contributed by atoms with Crippen LogP contribution in [0, 0.1) is 5.82 Å². The Bertz CT molecular complexity index is 435. The predicted molar refractivity (Wildman–Crippen MR) is 78.8 cm³/mol. The Hall–Kier alpha value is -1.17. The molecule has 21 heavy (non-hydrogen) atoms. The summed E-state index contributed by atoms with van der Waals surface area (Å²) < 4.78 is 18.7. The molecule has 3 N–H and O–H groups in total. The molecule has 2 rings (SSSR count). The summed E-state index contributed by atoms with van der Waals surface area (Å²) in [6, 6.07) is 6.13. The van der Waals surface area contributed by atoms with E-state index in [0.717, 1.165) is 25.7 Å². The average molecular weight is 297 g/mol. The summed E-state index contributed by atoms with van der Waals surface area (Å²) in [6.45, 7) is 0.429. The van der Waals surface area contributed by atoms with E-state index in [1.54, 1.807) is 12.1 Å². The molecule has 1 aromatic rings. The minimum absolute atomic E-state index is 0.0233. The van der Waals surface area contributed by atoms with E-state index in [0.29, 0.717) is 6.54 Å². The quantitative estimate of drug-likeness (QED) is 0.719. The monoisotopic (exact) mass is 297 g/mol. The van der Waals surface area contributed by atoms with E-state index in [1.165, 1.54) is 18.6 Å². The van der Waals surface area contributed by atoms with Crippen LogP contribution >= 0.6 is 0 Å². The molecule has 4 nitrogen and oxygen atoms in total. The maximum atomic E-state index is 13.4. The Kier molecular flexibility index (Phi) is 5.96. The van der Waals surface area contributed by atoms with Crippen LogP contribution in [0.1, 0.15) is 32.1 Å². The van der Waals surface area contributed by atoms with E-state index < -0.39 is 11.9 Å². The number of para-hydroxylation sites is 1. The minimum Gasteiger partial charge on any atom is -0.488 e. The van der Waals surface area contributed by atoms with Gasteiger partial charge in [0.25, 0.3) is 0 Å². The van der Waals surface area contributed by atoms with Gasteiger partial charge >= 0.3 is 0 Å². The van der Waals surface area contributed by atoms with Crippen molar-refractivity contribution in [2.75, 3.05) is 19.8 Å². The van der Waals surface area contributed by atoms with Gasteiger partial charge in [0.05, 0.1) is 6.61 Å². The Balaban J connectivity index is 1.76. The summed E-state index contributed by atoms with van der Waals surface area (Å²) in [5, 5.41) is 22.8. The molecule has 0 bridgehead atoms. The van der Waals surface area contributed by atoms with Gasteiger partial charge in [-0.3, -0.25) is 0 Å². The van der Waals surface area contributed by atoms with Gasteiger partial charge in [-0.1, -0.05) is 31.4 Å². The highest BCUT2D eigenvalue weighted by molar-refractivity contribution is 5.23. The highest BCUT2D eigenvalue weighted by atomic mass is 19.1. The first-order valence-electron chi connectivity index (χ1n) is 7.56. The zero-order valence-electron chi connectivity index (χ0n) is 12.2. The van der Waals surface area contributed by atoms with Gasteiger partial charge in [0.2, 0.25) is 0 Å². The number of hydrogen-bond acceptors (Lipinski definition) is 4. The highest BCUT2D eigenvalue weighted by Gasteiger charge is 2.31. The third kappa shape index (κ3) is 4.66. The lowest BCUT2D eigenvalue weighted by Crippen LogP contribution is -2.52. The molecule has 1 unspecified atom stereocenters. The SMILES string of the molecule is OCC1(NCC(O)COc2ccccc2F)CCCCC1. The molecule has 0 heterocycles. The second-order valence-corrected chi connectivity index (χ2v) is 5.78. The van der Waals surface area contributed by atoms with Gasteiger partial charge in [-0.25, -0.2) is 4.39 Å². The van der Waals surface area contributed by atoms with Crippen LogP contribution in [0.4, 0.5) is 4.39 Å². The zero-order valence-corrected chi connectivity index (χ0v) is 12.2. The van der Waals surface area contributed by atoms with Crippen molar-refractivity contribution in [2.24, 2.45) is 0 Å². The van der Waals surface area contributed by atoms with Crippen LogP contribution in [0.3, 0.4) is 0 Å². The second kappa shape index (κ2) is 7.73. The van der Waals surface area contributed by atoms with Gasteiger partial charge in [0.1, 0.15) is 12.7 Å². The van der Waals surface area contributed by atoms with Crippen molar-refractivity contribution in [2.45, 2.75) is 43.7 Å². The Morgan fingerprint density at radius 1 is 1.24 bits per heavy atom. The van der Waals surface area contributed by atoms with Crippen molar-refractivity contribution in [3.05, 3.63) is 30.1 Å². The third-order valence-electron chi connectivity index (χ3n) is 4.09. The molecular formula is C16H24FNO3. The van der Waals surface area contributed by atoms with Crippen LogP contribution in [0.5, 0.6) is 5.75 Å². The van der Waals surface area contributed by atoms with Crippen LogP contribution < -0.4 is 10.1 Å². The average Bonchev–Trinajstić information content (AvgIpc) is 2.53. The van der Waals surface area contributed by atoms with E-state index in [9.17, 15) is 14.6 Å². The van der Waals surface area contributed by atoms with Crippen LogP contribution in [-0.4, -0.2) is 41.6 Å². The largest absolute Gasteiger partial charge is 0.488 e. The molecule has 0 amide bonds. The van der Waals surface area contributed by atoms with Crippen LogP contribution in [-0.2, 0) is 0 Å². The Morgan fingerprint density at radius 3 is 2.62 bits per heavy atom. The number of benzene rings is 1. The molecule has 1 fully saturated rings. The standard InChI is InChI=1S/C16H24FNO3/c17-14-6-2-3-7-15(14)21-11-13(20)10-18-16(12-19)8-4-1-5-9-16/h2-3,6-7,13,18-20H,1,4-5,8-12H2. The Labute approximate surface area is 124 Å². The third-order valence-corrected chi connectivity index (χ3v) is 4.09. The first-order chi connectivity index (χ1) is 10.2. The summed E-state index contributed by atoms with van der Waals surface area (Å²) in [4.78, 5) is 0. The van der Waals surface area contributed by atoms with E-state index in [-0.39, 0.29) is 24.5 Å². The molecule has 1 atom stereocenters. The summed E-state index contributed by atoms with van der Waals surface area (Å²) in [5.74, 6) is -0.289. The minimum atomic E-state index is -0.741. The smallest absolute Gasteiger partial charge is 0.165 e. The lowest BCUT2D eigenvalue weighted by molar-refractivity contribution is 0.0701. The van der Waals surface area contributed by atoms with E-state index in [2.05, 4.69) is 5.32 Å². The van der Waals surface area contributed by atoms with Crippen molar-refractivity contribution >= 4 is 0 Å². The molecule has 1 aliphatic carbocycles. The van der Waals surface area contributed by atoms with Crippen molar-refractivity contribution in [1.29, 1.82) is 0 Å². The Morgan fingerprint density at radius 2 is 1.95 bits per heavy atom. The van der Waals surface area contributed by atoms with Gasteiger partial charge in [-0.15, -0.1) is 0 Å². The van der Waals surface area contributed by atoms with Crippen molar-refractivity contribution in [1.82, 2.24) is 5.32 Å². The molecule has 0 aromatic heterocycles. The molecule has 1 aromatic carbocycles. The van der Waals surface area contributed by atoms with Crippen molar-refractivity contribution < 1.29 is 19.3 Å².